The lowest BCUT2D eigenvalue weighted by molar-refractivity contribution is 0.620. The first-order valence-corrected chi connectivity index (χ1v) is 16.4. The number of aromatic nitrogens is 1. The summed E-state index contributed by atoms with van der Waals surface area (Å²) >= 11 is 0. The molecule has 8 aromatic rings. The highest BCUT2D eigenvalue weighted by molar-refractivity contribution is 6.10. The summed E-state index contributed by atoms with van der Waals surface area (Å²) in [5.74, 6) is 0.0511. The maximum absolute atomic E-state index is 15.7. The molecule has 0 fully saturated rings. The normalized spacial score (nSPS) is 13.6. The van der Waals surface area contributed by atoms with Gasteiger partial charge in [0.2, 0.25) is 0 Å². The van der Waals surface area contributed by atoms with Gasteiger partial charge in [-0.05, 0) is 105 Å². The summed E-state index contributed by atoms with van der Waals surface area (Å²) in [6.45, 7) is 2.02. The number of fused-ring (bicyclic) bond motifs is 9. The molecule has 222 valence electrons. The number of rotatable bonds is 3. The lowest BCUT2D eigenvalue weighted by atomic mass is 9.87. The highest BCUT2D eigenvalue weighted by Gasteiger charge is 2.32. The second-order valence-corrected chi connectivity index (χ2v) is 13.1. The van der Waals surface area contributed by atoms with Gasteiger partial charge in [0.15, 0.2) is 0 Å². The Morgan fingerprint density at radius 1 is 0.447 bits per heavy atom. The van der Waals surface area contributed by atoms with E-state index in [1.54, 1.807) is 6.07 Å². The first kappa shape index (κ1) is 26.5. The standard InChI is InChI=1S/C45H30FN/c1-27-18-21-40(46)43(24-27)47-41-22-19-28(44-34-14-6-2-10-30(34)31-11-3-7-15-35(31)44)25-38(41)39-26-29(20-23-42(39)47)45-36-16-8-4-12-32(36)33-13-5-9-17-37(33)45/h2-26,44-45H,1H3. The molecule has 1 nitrogen and oxygen atoms in total. The molecule has 47 heavy (non-hydrogen) atoms. The van der Waals surface area contributed by atoms with Gasteiger partial charge in [-0.25, -0.2) is 4.39 Å². The molecular weight excluding hydrogens is 574 g/mol. The van der Waals surface area contributed by atoms with Crippen molar-refractivity contribution in [1.29, 1.82) is 0 Å². The van der Waals surface area contributed by atoms with Gasteiger partial charge in [-0.15, -0.1) is 0 Å². The molecule has 0 spiro atoms. The number of nitrogens with zero attached hydrogens (tertiary/aromatic N) is 1. The summed E-state index contributed by atoms with van der Waals surface area (Å²) in [4.78, 5) is 0. The van der Waals surface area contributed by atoms with Crippen molar-refractivity contribution < 1.29 is 4.39 Å². The van der Waals surface area contributed by atoms with E-state index in [4.69, 9.17) is 0 Å². The highest BCUT2D eigenvalue weighted by atomic mass is 19.1. The first-order valence-electron chi connectivity index (χ1n) is 16.4. The zero-order valence-electron chi connectivity index (χ0n) is 25.9. The number of hydrogen-bond donors (Lipinski definition) is 0. The van der Waals surface area contributed by atoms with E-state index >= 15 is 4.39 Å². The van der Waals surface area contributed by atoms with E-state index in [9.17, 15) is 0 Å². The van der Waals surface area contributed by atoms with Gasteiger partial charge < -0.3 is 4.57 Å². The van der Waals surface area contributed by atoms with Gasteiger partial charge in [-0.3, -0.25) is 0 Å². The van der Waals surface area contributed by atoms with Crippen LogP contribution in [0.5, 0.6) is 0 Å². The zero-order valence-corrected chi connectivity index (χ0v) is 25.9. The van der Waals surface area contributed by atoms with Crippen LogP contribution in [0, 0.1) is 12.7 Å². The Hall–Kier alpha value is -5.73. The molecule has 0 saturated carbocycles. The van der Waals surface area contributed by atoms with Crippen molar-refractivity contribution in [3.8, 4) is 27.9 Å². The lowest BCUT2D eigenvalue weighted by Gasteiger charge is -2.15. The van der Waals surface area contributed by atoms with E-state index < -0.39 is 0 Å². The Labute approximate surface area is 273 Å². The molecule has 0 saturated heterocycles. The molecule has 10 rings (SSSR count). The molecular formula is C45H30FN. The fraction of sp³-hybridized carbons (Fsp3) is 0.0667. The average Bonchev–Trinajstić information content (AvgIpc) is 3.74. The predicted octanol–water partition coefficient (Wildman–Crippen LogP) is 11.6. The minimum atomic E-state index is -0.222. The number of benzene rings is 7. The minimum absolute atomic E-state index is 0.137. The van der Waals surface area contributed by atoms with Crippen LogP contribution in [0.2, 0.25) is 0 Å². The average molecular weight is 604 g/mol. The van der Waals surface area contributed by atoms with Crippen LogP contribution in [-0.4, -0.2) is 4.57 Å². The van der Waals surface area contributed by atoms with Gasteiger partial charge >= 0.3 is 0 Å². The Morgan fingerprint density at radius 2 is 0.851 bits per heavy atom. The topological polar surface area (TPSA) is 4.93 Å². The number of hydrogen-bond acceptors (Lipinski definition) is 0. The van der Waals surface area contributed by atoms with Crippen molar-refractivity contribution in [3.63, 3.8) is 0 Å². The maximum Gasteiger partial charge on any atom is 0.147 e. The fourth-order valence-electron chi connectivity index (χ4n) is 8.50. The lowest BCUT2D eigenvalue weighted by Crippen LogP contribution is -2.01. The smallest absolute Gasteiger partial charge is 0.147 e. The van der Waals surface area contributed by atoms with Crippen LogP contribution in [0.3, 0.4) is 0 Å². The Bertz CT molecular complexity index is 2330. The summed E-state index contributed by atoms with van der Waals surface area (Å²) in [6, 6.07) is 54.2. The van der Waals surface area contributed by atoms with Crippen LogP contribution >= 0.6 is 0 Å². The van der Waals surface area contributed by atoms with Crippen molar-refractivity contribution in [1.82, 2.24) is 4.57 Å². The van der Waals surface area contributed by atoms with Crippen LogP contribution in [0.1, 0.15) is 50.8 Å². The third-order valence-corrected chi connectivity index (χ3v) is 10.5. The van der Waals surface area contributed by atoms with E-state index in [1.165, 1.54) is 55.6 Å². The van der Waals surface area contributed by atoms with Gasteiger partial charge in [-0.1, -0.05) is 115 Å². The van der Waals surface area contributed by atoms with E-state index in [1.807, 2.05) is 19.1 Å². The van der Waals surface area contributed by atoms with E-state index in [0.717, 1.165) is 27.4 Å². The van der Waals surface area contributed by atoms with Gasteiger partial charge in [0.05, 0.1) is 16.7 Å². The molecule has 7 aromatic carbocycles. The predicted molar refractivity (Wildman–Crippen MR) is 191 cm³/mol. The minimum Gasteiger partial charge on any atom is -0.306 e. The first-order chi connectivity index (χ1) is 23.2. The van der Waals surface area contributed by atoms with E-state index in [2.05, 4.69) is 138 Å². The van der Waals surface area contributed by atoms with Gasteiger partial charge in [0.1, 0.15) is 5.82 Å². The number of halogens is 1. The van der Waals surface area contributed by atoms with Gasteiger partial charge in [0, 0.05) is 22.6 Å². The molecule has 0 amide bonds. The third-order valence-electron chi connectivity index (χ3n) is 10.5. The van der Waals surface area contributed by atoms with E-state index in [-0.39, 0.29) is 17.7 Å². The van der Waals surface area contributed by atoms with Crippen LogP contribution in [0.4, 0.5) is 4.39 Å². The maximum atomic E-state index is 15.7. The molecule has 0 unspecified atom stereocenters. The van der Waals surface area contributed by atoms with Crippen molar-refractivity contribution in [2.45, 2.75) is 18.8 Å². The fourth-order valence-corrected chi connectivity index (χ4v) is 8.50. The molecule has 2 aliphatic carbocycles. The summed E-state index contributed by atoms with van der Waals surface area (Å²) < 4.78 is 17.8. The molecule has 0 atom stereocenters. The molecule has 0 N–H and O–H groups in total. The zero-order chi connectivity index (χ0) is 31.2. The van der Waals surface area contributed by atoms with Gasteiger partial charge in [0.25, 0.3) is 0 Å². The second kappa shape index (κ2) is 9.88. The molecule has 0 radical (unpaired) electrons. The van der Waals surface area contributed by atoms with E-state index in [0.29, 0.717) is 5.69 Å². The monoisotopic (exact) mass is 603 g/mol. The van der Waals surface area contributed by atoms with Crippen molar-refractivity contribution in [2.24, 2.45) is 0 Å². The summed E-state index contributed by atoms with van der Waals surface area (Å²) in [5.41, 5.74) is 16.7. The molecule has 1 aromatic heterocycles. The Morgan fingerprint density at radius 3 is 1.28 bits per heavy atom. The van der Waals surface area contributed by atoms with Gasteiger partial charge in [-0.2, -0.15) is 0 Å². The Balaban J connectivity index is 1.25. The molecule has 2 aliphatic rings. The molecule has 0 bridgehead atoms. The van der Waals surface area contributed by atoms with Crippen LogP contribution in [0.15, 0.2) is 152 Å². The molecule has 0 aliphatic heterocycles. The molecule has 2 heteroatoms. The summed E-state index contributed by atoms with van der Waals surface area (Å²) in [6.07, 6.45) is 0. The summed E-state index contributed by atoms with van der Waals surface area (Å²) in [7, 11) is 0. The third kappa shape index (κ3) is 3.76. The van der Waals surface area contributed by atoms with Crippen molar-refractivity contribution in [2.75, 3.05) is 0 Å². The van der Waals surface area contributed by atoms with Crippen LogP contribution in [0.25, 0.3) is 49.7 Å². The summed E-state index contributed by atoms with van der Waals surface area (Å²) in [5, 5.41) is 2.28. The second-order valence-electron chi connectivity index (χ2n) is 13.1. The van der Waals surface area contributed by atoms with Crippen molar-refractivity contribution >= 4 is 21.8 Å². The molecule has 1 heterocycles. The SMILES string of the molecule is Cc1ccc(F)c(-n2c3ccc(C4c5ccccc5-c5ccccc54)cc3c3cc(C4c5ccccc5-c5ccccc54)ccc32)c1. The van der Waals surface area contributed by atoms with Crippen molar-refractivity contribution in [3.05, 3.63) is 196 Å². The highest BCUT2D eigenvalue weighted by Crippen LogP contribution is 2.50. The Kier molecular flexibility index (Phi) is 5.57. The quantitative estimate of drug-likeness (QED) is 0.189. The largest absolute Gasteiger partial charge is 0.306 e. The van der Waals surface area contributed by atoms with Crippen LogP contribution in [-0.2, 0) is 0 Å². The van der Waals surface area contributed by atoms with Crippen LogP contribution < -0.4 is 0 Å². The number of aryl methyl sites for hydroxylation is 1.